The van der Waals surface area contributed by atoms with Gasteiger partial charge in [-0.2, -0.15) is 5.10 Å². The number of esters is 1. The van der Waals surface area contributed by atoms with E-state index < -0.39 is 24.5 Å². The third-order valence-corrected chi connectivity index (χ3v) is 4.73. The number of rotatable bonds is 9. The monoisotopic (exact) mass is 439 g/mol. The molecule has 1 aromatic heterocycles. The zero-order valence-electron chi connectivity index (χ0n) is 18.3. The molecular formula is C23H25N3O6. The number of hydrogen-bond donors (Lipinski definition) is 1. The normalized spacial score (nSPS) is 11.4. The Morgan fingerprint density at radius 2 is 1.72 bits per heavy atom. The maximum absolute atomic E-state index is 12.5. The predicted molar refractivity (Wildman–Crippen MR) is 117 cm³/mol. The lowest BCUT2D eigenvalue weighted by Crippen LogP contribution is -2.31. The van der Waals surface area contributed by atoms with E-state index >= 15 is 0 Å². The SMILES string of the molecule is COc1ccc(OC)c(C(C)NC(=O)COC(=O)c2nn(-c3ccccc3)cc2OC)c1. The molecule has 32 heavy (non-hydrogen) atoms. The molecule has 0 spiro atoms. The Balaban J connectivity index is 1.64. The van der Waals surface area contributed by atoms with Crippen molar-refractivity contribution < 1.29 is 28.5 Å². The predicted octanol–water partition coefficient (Wildman–Crippen LogP) is 2.93. The quantitative estimate of drug-likeness (QED) is 0.512. The molecule has 1 heterocycles. The highest BCUT2D eigenvalue weighted by atomic mass is 16.5. The average molecular weight is 439 g/mol. The number of methoxy groups -OCH3 is 3. The van der Waals surface area contributed by atoms with Crippen LogP contribution in [0.4, 0.5) is 0 Å². The summed E-state index contributed by atoms with van der Waals surface area (Å²) < 4.78 is 22.5. The van der Waals surface area contributed by atoms with Crippen LogP contribution in [0.1, 0.15) is 29.0 Å². The first kappa shape index (κ1) is 22.7. The summed E-state index contributed by atoms with van der Waals surface area (Å²) in [7, 11) is 4.53. The van der Waals surface area contributed by atoms with E-state index in [9.17, 15) is 9.59 Å². The number of aromatic nitrogens is 2. The van der Waals surface area contributed by atoms with Crippen molar-refractivity contribution in [3.05, 3.63) is 66.0 Å². The summed E-state index contributed by atoms with van der Waals surface area (Å²) in [6, 6.07) is 14.1. The maximum atomic E-state index is 12.5. The molecule has 0 radical (unpaired) electrons. The number of nitrogens with one attached hydrogen (secondary N) is 1. The van der Waals surface area contributed by atoms with Gasteiger partial charge < -0.3 is 24.3 Å². The van der Waals surface area contributed by atoms with Gasteiger partial charge in [0.15, 0.2) is 12.4 Å². The summed E-state index contributed by atoms with van der Waals surface area (Å²) in [6.45, 7) is 1.32. The minimum Gasteiger partial charge on any atom is -0.497 e. The van der Waals surface area contributed by atoms with E-state index in [4.69, 9.17) is 18.9 Å². The lowest BCUT2D eigenvalue weighted by atomic mass is 10.1. The second-order valence-electron chi connectivity index (χ2n) is 6.80. The molecule has 0 aliphatic carbocycles. The lowest BCUT2D eigenvalue weighted by Gasteiger charge is -2.18. The van der Waals surface area contributed by atoms with Crippen molar-refractivity contribution in [2.24, 2.45) is 0 Å². The number of amides is 1. The molecule has 0 saturated heterocycles. The number of ether oxygens (including phenoxy) is 4. The zero-order valence-corrected chi connectivity index (χ0v) is 18.3. The highest BCUT2D eigenvalue weighted by molar-refractivity contribution is 5.92. The van der Waals surface area contributed by atoms with E-state index in [1.807, 2.05) is 30.3 Å². The van der Waals surface area contributed by atoms with E-state index in [0.717, 1.165) is 11.3 Å². The Morgan fingerprint density at radius 1 is 1.00 bits per heavy atom. The van der Waals surface area contributed by atoms with Gasteiger partial charge in [0.2, 0.25) is 5.69 Å². The number of carbonyl (C=O) groups excluding carboxylic acids is 2. The fourth-order valence-electron chi connectivity index (χ4n) is 3.10. The number of para-hydroxylation sites is 1. The van der Waals surface area contributed by atoms with Crippen molar-refractivity contribution in [3.8, 4) is 22.9 Å². The largest absolute Gasteiger partial charge is 0.497 e. The zero-order chi connectivity index (χ0) is 23.1. The molecule has 0 aliphatic heterocycles. The van der Waals surface area contributed by atoms with Crippen molar-refractivity contribution >= 4 is 11.9 Å². The van der Waals surface area contributed by atoms with Crippen molar-refractivity contribution in [1.82, 2.24) is 15.1 Å². The highest BCUT2D eigenvalue weighted by Crippen LogP contribution is 2.29. The van der Waals surface area contributed by atoms with Crippen LogP contribution < -0.4 is 19.5 Å². The van der Waals surface area contributed by atoms with E-state index in [0.29, 0.717) is 11.5 Å². The Morgan fingerprint density at radius 3 is 2.38 bits per heavy atom. The maximum Gasteiger partial charge on any atom is 0.363 e. The van der Waals surface area contributed by atoms with Crippen LogP contribution in [0, 0.1) is 0 Å². The molecule has 9 nitrogen and oxygen atoms in total. The van der Waals surface area contributed by atoms with Crippen molar-refractivity contribution in [1.29, 1.82) is 0 Å². The van der Waals surface area contributed by atoms with Crippen molar-refractivity contribution in [3.63, 3.8) is 0 Å². The molecule has 2 aromatic carbocycles. The molecule has 1 N–H and O–H groups in total. The Hall–Kier alpha value is -4.01. The fraction of sp³-hybridized carbons (Fsp3) is 0.261. The molecular weight excluding hydrogens is 414 g/mol. The minimum atomic E-state index is -0.765. The van der Waals surface area contributed by atoms with E-state index in [-0.39, 0.29) is 11.4 Å². The van der Waals surface area contributed by atoms with Crippen LogP contribution >= 0.6 is 0 Å². The van der Waals surface area contributed by atoms with Gasteiger partial charge in [-0.05, 0) is 37.3 Å². The lowest BCUT2D eigenvalue weighted by molar-refractivity contribution is -0.124. The van der Waals surface area contributed by atoms with Gasteiger partial charge in [-0.1, -0.05) is 18.2 Å². The van der Waals surface area contributed by atoms with Gasteiger partial charge in [0.05, 0.1) is 39.3 Å². The first-order valence-electron chi connectivity index (χ1n) is 9.84. The Labute approximate surface area is 185 Å². The van der Waals surface area contributed by atoms with Gasteiger partial charge in [0.1, 0.15) is 11.5 Å². The van der Waals surface area contributed by atoms with Crippen molar-refractivity contribution in [2.45, 2.75) is 13.0 Å². The Bertz CT molecular complexity index is 1080. The third kappa shape index (κ3) is 5.18. The minimum absolute atomic E-state index is 0.0216. The summed E-state index contributed by atoms with van der Waals surface area (Å²) in [5.74, 6) is 0.241. The molecule has 0 bridgehead atoms. The molecule has 0 saturated carbocycles. The van der Waals surface area contributed by atoms with E-state index in [1.165, 1.54) is 11.8 Å². The van der Waals surface area contributed by atoms with E-state index in [1.54, 1.807) is 45.5 Å². The Kier molecular flexibility index (Phi) is 7.33. The van der Waals surface area contributed by atoms with Gasteiger partial charge in [0.25, 0.3) is 5.91 Å². The van der Waals surface area contributed by atoms with Crippen LogP contribution in [0.25, 0.3) is 5.69 Å². The number of hydrogen-bond acceptors (Lipinski definition) is 7. The van der Waals surface area contributed by atoms with E-state index in [2.05, 4.69) is 10.4 Å². The first-order valence-corrected chi connectivity index (χ1v) is 9.84. The van der Waals surface area contributed by atoms with Gasteiger partial charge >= 0.3 is 5.97 Å². The van der Waals surface area contributed by atoms with Crippen LogP contribution in [-0.4, -0.2) is 49.6 Å². The fourth-order valence-corrected chi connectivity index (χ4v) is 3.10. The molecule has 1 unspecified atom stereocenters. The smallest absolute Gasteiger partial charge is 0.363 e. The topological polar surface area (TPSA) is 101 Å². The van der Waals surface area contributed by atoms with Gasteiger partial charge in [-0.25, -0.2) is 9.48 Å². The van der Waals surface area contributed by atoms with Gasteiger partial charge in [0, 0.05) is 5.56 Å². The van der Waals surface area contributed by atoms with Crippen LogP contribution in [0.2, 0.25) is 0 Å². The highest BCUT2D eigenvalue weighted by Gasteiger charge is 2.22. The summed E-state index contributed by atoms with van der Waals surface area (Å²) in [5.41, 5.74) is 1.46. The molecule has 3 rings (SSSR count). The van der Waals surface area contributed by atoms with Crippen molar-refractivity contribution in [2.75, 3.05) is 27.9 Å². The summed E-state index contributed by atoms with van der Waals surface area (Å²) in [5, 5.41) is 7.01. The average Bonchev–Trinajstić information content (AvgIpc) is 3.27. The number of benzene rings is 2. The molecule has 168 valence electrons. The molecule has 3 aromatic rings. The van der Waals surface area contributed by atoms with Gasteiger partial charge in [-0.3, -0.25) is 4.79 Å². The number of carbonyl (C=O) groups is 2. The van der Waals surface area contributed by atoms with Gasteiger partial charge in [-0.15, -0.1) is 0 Å². The first-order chi connectivity index (χ1) is 15.5. The number of nitrogens with zero attached hydrogens (tertiary/aromatic N) is 2. The van der Waals surface area contributed by atoms with Crippen LogP contribution in [0.5, 0.6) is 17.2 Å². The van der Waals surface area contributed by atoms with Crippen LogP contribution in [0.3, 0.4) is 0 Å². The second kappa shape index (κ2) is 10.3. The summed E-state index contributed by atoms with van der Waals surface area (Å²) >= 11 is 0. The molecule has 0 fully saturated rings. The molecule has 9 heteroatoms. The molecule has 0 aliphatic rings. The second-order valence-corrected chi connectivity index (χ2v) is 6.80. The summed E-state index contributed by atoms with van der Waals surface area (Å²) in [6.07, 6.45) is 1.57. The third-order valence-electron chi connectivity index (χ3n) is 4.73. The molecule has 1 atom stereocenters. The summed E-state index contributed by atoms with van der Waals surface area (Å²) in [4.78, 5) is 24.9. The van der Waals surface area contributed by atoms with Crippen LogP contribution in [0.15, 0.2) is 54.7 Å². The van der Waals surface area contributed by atoms with Crippen LogP contribution in [-0.2, 0) is 9.53 Å². The standard InChI is InChI=1S/C23H25N3O6/c1-15(18-12-17(29-2)10-11-19(18)30-3)24-21(27)14-32-23(28)22-20(31-4)13-26(25-22)16-8-6-5-7-9-16/h5-13,15H,14H2,1-4H3,(H,24,27). The molecule has 1 amide bonds.